The van der Waals surface area contributed by atoms with Gasteiger partial charge >= 0.3 is 0 Å². The Labute approximate surface area is 169 Å². The van der Waals surface area contributed by atoms with Crippen molar-refractivity contribution >= 4 is 23.2 Å². The summed E-state index contributed by atoms with van der Waals surface area (Å²) in [6, 6.07) is 16.0. The molecule has 0 spiro atoms. The molecule has 0 saturated heterocycles. The third-order valence-electron chi connectivity index (χ3n) is 4.42. The van der Waals surface area contributed by atoms with Crippen LogP contribution in [0.2, 0.25) is 0 Å². The lowest BCUT2D eigenvalue weighted by molar-refractivity contribution is -0.116. The molecule has 0 fully saturated rings. The number of rotatable bonds is 7. The Morgan fingerprint density at radius 1 is 1.03 bits per heavy atom. The number of anilines is 2. The molecule has 2 aromatic carbocycles. The summed E-state index contributed by atoms with van der Waals surface area (Å²) in [5.74, 6) is 0.120. The standard InChI is InChI=1S/C22H24N4O3/c1-15-13-16(2)26(25-15)12-11-21(27)23-18-9-10-20(29-3)19(14-18)24-22(28)17-7-5-4-6-8-17/h4-10,13-14H,11-12H2,1-3H3,(H,23,27)(H,24,28). The minimum atomic E-state index is -0.253. The van der Waals surface area contributed by atoms with Crippen molar-refractivity contribution in [1.29, 1.82) is 0 Å². The molecule has 0 bridgehead atoms. The van der Waals surface area contributed by atoms with Crippen LogP contribution in [0.3, 0.4) is 0 Å². The molecule has 0 aliphatic carbocycles. The van der Waals surface area contributed by atoms with Gasteiger partial charge in [0.25, 0.3) is 5.91 Å². The fourth-order valence-electron chi connectivity index (χ4n) is 3.00. The van der Waals surface area contributed by atoms with Gasteiger partial charge in [0.05, 0.1) is 18.5 Å². The van der Waals surface area contributed by atoms with Gasteiger partial charge in [-0.05, 0) is 50.2 Å². The van der Waals surface area contributed by atoms with E-state index >= 15 is 0 Å². The molecular formula is C22H24N4O3. The maximum Gasteiger partial charge on any atom is 0.255 e. The van der Waals surface area contributed by atoms with E-state index in [9.17, 15) is 9.59 Å². The van der Waals surface area contributed by atoms with Crippen LogP contribution in [-0.2, 0) is 11.3 Å². The lowest BCUT2D eigenvalue weighted by atomic mass is 10.2. The second-order valence-electron chi connectivity index (χ2n) is 6.68. The fraction of sp³-hybridized carbons (Fsp3) is 0.227. The zero-order valence-electron chi connectivity index (χ0n) is 16.7. The van der Waals surface area contributed by atoms with Crippen LogP contribution < -0.4 is 15.4 Å². The van der Waals surface area contributed by atoms with Crippen LogP contribution in [0.4, 0.5) is 11.4 Å². The molecule has 1 heterocycles. The van der Waals surface area contributed by atoms with E-state index in [0.717, 1.165) is 11.4 Å². The van der Waals surface area contributed by atoms with Crippen LogP contribution in [0.15, 0.2) is 54.6 Å². The SMILES string of the molecule is COc1ccc(NC(=O)CCn2nc(C)cc2C)cc1NC(=O)c1ccccc1. The quantitative estimate of drug-likeness (QED) is 0.641. The number of nitrogens with one attached hydrogen (secondary N) is 2. The number of hydrogen-bond donors (Lipinski definition) is 2. The van der Waals surface area contributed by atoms with Gasteiger partial charge in [-0.3, -0.25) is 14.3 Å². The smallest absolute Gasteiger partial charge is 0.255 e. The molecule has 0 aliphatic rings. The lowest BCUT2D eigenvalue weighted by Gasteiger charge is -2.13. The lowest BCUT2D eigenvalue weighted by Crippen LogP contribution is -2.16. The Morgan fingerprint density at radius 3 is 2.45 bits per heavy atom. The number of hydrogen-bond acceptors (Lipinski definition) is 4. The van der Waals surface area contributed by atoms with Gasteiger partial charge in [-0.2, -0.15) is 5.10 Å². The van der Waals surface area contributed by atoms with Crippen LogP contribution in [0.25, 0.3) is 0 Å². The average molecular weight is 392 g/mol. The molecule has 1 aromatic heterocycles. The van der Waals surface area contributed by atoms with Gasteiger partial charge in [0.15, 0.2) is 0 Å². The summed E-state index contributed by atoms with van der Waals surface area (Å²) in [7, 11) is 1.53. The predicted octanol–water partition coefficient (Wildman–Crippen LogP) is 3.79. The first-order chi connectivity index (χ1) is 14.0. The molecule has 3 rings (SSSR count). The number of aryl methyl sites for hydroxylation is 3. The molecule has 7 nitrogen and oxygen atoms in total. The molecule has 2 N–H and O–H groups in total. The average Bonchev–Trinajstić information content (AvgIpc) is 3.04. The second kappa shape index (κ2) is 9.05. The van der Waals surface area contributed by atoms with Gasteiger partial charge in [-0.25, -0.2) is 0 Å². The summed E-state index contributed by atoms with van der Waals surface area (Å²) in [4.78, 5) is 24.8. The van der Waals surface area contributed by atoms with Crippen molar-refractivity contribution in [3.05, 3.63) is 71.5 Å². The van der Waals surface area contributed by atoms with Crippen LogP contribution in [-0.4, -0.2) is 28.7 Å². The topological polar surface area (TPSA) is 85.2 Å². The predicted molar refractivity (Wildman–Crippen MR) is 112 cm³/mol. The molecule has 3 aromatic rings. The van der Waals surface area contributed by atoms with Gasteiger partial charge in [0.2, 0.25) is 5.91 Å². The molecular weight excluding hydrogens is 368 g/mol. The van der Waals surface area contributed by atoms with Crippen molar-refractivity contribution in [1.82, 2.24) is 9.78 Å². The number of amides is 2. The van der Waals surface area contributed by atoms with Gasteiger partial charge < -0.3 is 15.4 Å². The Balaban J connectivity index is 1.66. The monoisotopic (exact) mass is 392 g/mol. The van der Waals surface area contributed by atoms with Gasteiger partial charge in [-0.15, -0.1) is 0 Å². The van der Waals surface area contributed by atoms with E-state index in [4.69, 9.17) is 4.74 Å². The molecule has 29 heavy (non-hydrogen) atoms. The van der Waals surface area contributed by atoms with Gasteiger partial charge in [-0.1, -0.05) is 18.2 Å². The number of benzene rings is 2. The Hall–Kier alpha value is -3.61. The second-order valence-corrected chi connectivity index (χ2v) is 6.68. The largest absolute Gasteiger partial charge is 0.495 e. The van der Waals surface area contributed by atoms with Crippen LogP contribution in [0, 0.1) is 13.8 Å². The number of nitrogens with zero attached hydrogens (tertiary/aromatic N) is 2. The van der Waals surface area contributed by atoms with E-state index in [0.29, 0.717) is 35.7 Å². The molecule has 0 radical (unpaired) electrons. The Bertz CT molecular complexity index is 1010. The number of aromatic nitrogens is 2. The number of ether oxygens (including phenoxy) is 1. The molecule has 0 atom stereocenters. The molecule has 0 aliphatic heterocycles. The van der Waals surface area contributed by atoms with E-state index in [1.54, 1.807) is 42.5 Å². The highest BCUT2D eigenvalue weighted by Crippen LogP contribution is 2.28. The van der Waals surface area contributed by atoms with Gasteiger partial charge in [0, 0.05) is 29.9 Å². The molecule has 7 heteroatoms. The molecule has 150 valence electrons. The highest BCUT2D eigenvalue weighted by Gasteiger charge is 2.12. The van der Waals surface area contributed by atoms with E-state index in [1.165, 1.54) is 7.11 Å². The van der Waals surface area contributed by atoms with Crippen molar-refractivity contribution in [2.24, 2.45) is 0 Å². The Morgan fingerprint density at radius 2 is 1.79 bits per heavy atom. The summed E-state index contributed by atoms with van der Waals surface area (Å²) in [5, 5.41) is 10.0. The molecule has 0 unspecified atom stereocenters. The number of methoxy groups -OCH3 is 1. The van der Waals surface area contributed by atoms with Crippen LogP contribution in [0.5, 0.6) is 5.75 Å². The summed E-state index contributed by atoms with van der Waals surface area (Å²) >= 11 is 0. The van der Waals surface area contributed by atoms with E-state index in [1.807, 2.05) is 30.7 Å². The van der Waals surface area contributed by atoms with E-state index in [2.05, 4.69) is 15.7 Å². The third kappa shape index (κ3) is 5.22. The van der Waals surface area contributed by atoms with Crippen LogP contribution in [0.1, 0.15) is 28.2 Å². The third-order valence-corrected chi connectivity index (χ3v) is 4.42. The van der Waals surface area contributed by atoms with Crippen molar-refractivity contribution in [2.45, 2.75) is 26.8 Å². The minimum Gasteiger partial charge on any atom is -0.495 e. The fourth-order valence-corrected chi connectivity index (χ4v) is 3.00. The molecule has 2 amide bonds. The maximum absolute atomic E-state index is 12.4. The van der Waals surface area contributed by atoms with E-state index in [-0.39, 0.29) is 11.8 Å². The number of carbonyl (C=O) groups excluding carboxylic acids is 2. The Kier molecular flexibility index (Phi) is 6.29. The highest BCUT2D eigenvalue weighted by molar-refractivity contribution is 6.05. The van der Waals surface area contributed by atoms with Crippen molar-refractivity contribution in [3.63, 3.8) is 0 Å². The molecule has 0 saturated carbocycles. The maximum atomic E-state index is 12.4. The zero-order valence-corrected chi connectivity index (χ0v) is 16.7. The minimum absolute atomic E-state index is 0.136. The van der Waals surface area contributed by atoms with Crippen LogP contribution >= 0.6 is 0 Å². The number of carbonyl (C=O) groups is 2. The van der Waals surface area contributed by atoms with Gasteiger partial charge in [0.1, 0.15) is 5.75 Å². The van der Waals surface area contributed by atoms with Crippen molar-refractivity contribution in [2.75, 3.05) is 17.7 Å². The highest BCUT2D eigenvalue weighted by atomic mass is 16.5. The van der Waals surface area contributed by atoms with Crippen molar-refractivity contribution in [3.8, 4) is 5.75 Å². The zero-order chi connectivity index (χ0) is 20.8. The summed E-state index contributed by atoms with van der Waals surface area (Å²) in [5.41, 5.74) is 3.54. The summed E-state index contributed by atoms with van der Waals surface area (Å²) in [6.45, 7) is 4.38. The van der Waals surface area contributed by atoms with E-state index < -0.39 is 0 Å². The van der Waals surface area contributed by atoms with Crippen molar-refractivity contribution < 1.29 is 14.3 Å². The summed E-state index contributed by atoms with van der Waals surface area (Å²) in [6.07, 6.45) is 0.291. The first-order valence-corrected chi connectivity index (χ1v) is 9.31. The first-order valence-electron chi connectivity index (χ1n) is 9.31. The normalized spacial score (nSPS) is 10.4. The summed E-state index contributed by atoms with van der Waals surface area (Å²) < 4.78 is 7.14. The first kappa shape index (κ1) is 20.1.